The maximum atomic E-state index is 12.9. The van der Waals surface area contributed by atoms with Crippen LogP contribution in [0.2, 0.25) is 0 Å². The van der Waals surface area contributed by atoms with Gasteiger partial charge in [-0.15, -0.1) is 0 Å². The van der Waals surface area contributed by atoms with Crippen LogP contribution in [0, 0.1) is 18.8 Å². The van der Waals surface area contributed by atoms with Crippen molar-refractivity contribution in [3.05, 3.63) is 17.0 Å². The van der Waals surface area contributed by atoms with Gasteiger partial charge in [-0.1, -0.05) is 20.8 Å². The lowest BCUT2D eigenvalue weighted by Gasteiger charge is -2.31. The van der Waals surface area contributed by atoms with Crippen LogP contribution in [0.5, 0.6) is 0 Å². The minimum Gasteiger partial charge on any atom is -0.387 e. The molecular formula is C16H25N3O2. The fraction of sp³-hybridized carbons (Fsp3) is 0.750. The van der Waals surface area contributed by atoms with Gasteiger partial charge in [0, 0.05) is 24.1 Å². The van der Waals surface area contributed by atoms with Crippen molar-refractivity contribution in [1.29, 1.82) is 0 Å². The van der Waals surface area contributed by atoms with Gasteiger partial charge in [-0.2, -0.15) is 5.10 Å². The summed E-state index contributed by atoms with van der Waals surface area (Å²) in [6, 6.07) is 0. The van der Waals surface area contributed by atoms with Crippen molar-refractivity contribution < 1.29 is 9.90 Å². The fourth-order valence-corrected chi connectivity index (χ4v) is 3.45. The molecule has 0 radical (unpaired) electrons. The summed E-state index contributed by atoms with van der Waals surface area (Å²) in [7, 11) is 0. The van der Waals surface area contributed by atoms with E-state index in [-0.39, 0.29) is 17.7 Å². The lowest BCUT2D eigenvalue weighted by molar-refractivity contribution is -0.0244. The van der Waals surface area contributed by atoms with Gasteiger partial charge in [-0.05, 0) is 25.7 Å². The van der Waals surface area contributed by atoms with Crippen LogP contribution >= 0.6 is 0 Å². The monoisotopic (exact) mass is 291 g/mol. The number of β-amino-alcohol motifs (C(OH)–C–C–N with tert-alkyl or cyclic N) is 1. The van der Waals surface area contributed by atoms with E-state index in [0.717, 1.165) is 29.8 Å². The van der Waals surface area contributed by atoms with Crippen LogP contribution in [0.25, 0.3) is 0 Å². The summed E-state index contributed by atoms with van der Waals surface area (Å²) in [5.41, 5.74) is 1.71. The van der Waals surface area contributed by atoms with Crippen LogP contribution in [0.1, 0.15) is 61.3 Å². The molecule has 2 atom stereocenters. The zero-order valence-corrected chi connectivity index (χ0v) is 13.3. The summed E-state index contributed by atoms with van der Waals surface area (Å²) in [5.74, 6) is 0.696. The molecule has 1 aromatic heterocycles. The molecule has 2 aliphatic rings. The Labute approximate surface area is 125 Å². The van der Waals surface area contributed by atoms with Gasteiger partial charge in [-0.25, -0.2) is 0 Å². The smallest absolute Gasteiger partial charge is 0.257 e. The van der Waals surface area contributed by atoms with E-state index in [1.807, 2.05) is 27.7 Å². The van der Waals surface area contributed by atoms with E-state index in [4.69, 9.17) is 0 Å². The van der Waals surface area contributed by atoms with E-state index in [1.165, 1.54) is 0 Å². The van der Waals surface area contributed by atoms with Crippen molar-refractivity contribution in [3.8, 4) is 0 Å². The summed E-state index contributed by atoms with van der Waals surface area (Å²) in [5, 5.41) is 18.1. The predicted octanol–water partition coefficient (Wildman–Crippen LogP) is 2.07. The lowest BCUT2D eigenvalue weighted by atomic mass is 9.82. The number of aromatic amines is 1. The standard InChI is InChI=1S/C16H25N3O2/c1-9(2)16(21)8-19(7-10(16)3)15(20)13-11(4)17-18-14(13)12-5-6-12/h9-10,12,21H,5-8H2,1-4H3,(H,17,18)/t10-,16-/m1/s1. The van der Waals surface area contributed by atoms with E-state index >= 15 is 0 Å². The van der Waals surface area contributed by atoms with Crippen molar-refractivity contribution in [2.75, 3.05) is 13.1 Å². The largest absolute Gasteiger partial charge is 0.387 e. The van der Waals surface area contributed by atoms with Gasteiger partial charge in [0.2, 0.25) is 0 Å². The molecule has 0 spiro atoms. The average Bonchev–Trinajstić information content (AvgIpc) is 3.12. The topological polar surface area (TPSA) is 69.2 Å². The Morgan fingerprint density at radius 2 is 2.14 bits per heavy atom. The fourth-order valence-electron chi connectivity index (χ4n) is 3.45. The molecular weight excluding hydrogens is 266 g/mol. The molecule has 3 rings (SSSR count). The van der Waals surface area contributed by atoms with E-state index in [0.29, 0.717) is 19.0 Å². The number of rotatable bonds is 3. The maximum absolute atomic E-state index is 12.9. The molecule has 2 fully saturated rings. The number of hydrogen-bond donors (Lipinski definition) is 2. The van der Waals surface area contributed by atoms with Crippen LogP contribution in [-0.4, -0.2) is 44.8 Å². The second-order valence-electron chi connectivity index (χ2n) is 7.12. The van der Waals surface area contributed by atoms with E-state index in [2.05, 4.69) is 10.2 Å². The first kappa shape index (κ1) is 14.6. The summed E-state index contributed by atoms with van der Waals surface area (Å²) < 4.78 is 0. The van der Waals surface area contributed by atoms with Gasteiger partial charge in [0.05, 0.1) is 23.4 Å². The first-order valence-corrected chi connectivity index (χ1v) is 7.91. The third kappa shape index (κ3) is 2.27. The third-order valence-electron chi connectivity index (χ3n) is 5.23. The number of nitrogens with zero attached hydrogens (tertiary/aromatic N) is 2. The van der Waals surface area contributed by atoms with Crippen molar-refractivity contribution in [1.82, 2.24) is 15.1 Å². The van der Waals surface area contributed by atoms with Crippen molar-refractivity contribution >= 4 is 5.91 Å². The second kappa shape index (κ2) is 4.83. The second-order valence-corrected chi connectivity index (χ2v) is 7.12. The van der Waals surface area contributed by atoms with Gasteiger partial charge in [-0.3, -0.25) is 9.89 Å². The number of carbonyl (C=O) groups is 1. The highest BCUT2D eigenvalue weighted by molar-refractivity contribution is 5.97. The summed E-state index contributed by atoms with van der Waals surface area (Å²) in [6.07, 6.45) is 2.24. The summed E-state index contributed by atoms with van der Waals surface area (Å²) >= 11 is 0. The molecule has 116 valence electrons. The van der Waals surface area contributed by atoms with Gasteiger partial charge >= 0.3 is 0 Å². The highest BCUT2D eigenvalue weighted by Gasteiger charge is 2.47. The lowest BCUT2D eigenvalue weighted by Crippen LogP contribution is -2.43. The highest BCUT2D eigenvalue weighted by Crippen LogP contribution is 2.42. The van der Waals surface area contributed by atoms with E-state index in [9.17, 15) is 9.90 Å². The maximum Gasteiger partial charge on any atom is 0.257 e. The highest BCUT2D eigenvalue weighted by atomic mass is 16.3. The molecule has 2 N–H and O–H groups in total. The van der Waals surface area contributed by atoms with Crippen LogP contribution in [0.15, 0.2) is 0 Å². The average molecular weight is 291 g/mol. The Morgan fingerprint density at radius 1 is 1.48 bits per heavy atom. The number of amides is 1. The van der Waals surface area contributed by atoms with Crippen molar-refractivity contribution in [2.45, 2.75) is 52.1 Å². The normalized spacial score (nSPS) is 29.4. The number of carbonyl (C=O) groups excluding carboxylic acids is 1. The van der Waals surface area contributed by atoms with Crippen LogP contribution < -0.4 is 0 Å². The van der Waals surface area contributed by atoms with Crippen LogP contribution in [0.4, 0.5) is 0 Å². The molecule has 1 aliphatic heterocycles. The van der Waals surface area contributed by atoms with E-state index in [1.54, 1.807) is 4.90 Å². The predicted molar refractivity (Wildman–Crippen MR) is 80.2 cm³/mol. The van der Waals surface area contributed by atoms with Crippen molar-refractivity contribution in [3.63, 3.8) is 0 Å². The molecule has 2 heterocycles. The summed E-state index contributed by atoms with van der Waals surface area (Å²) in [4.78, 5) is 14.7. The minimum atomic E-state index is -0.785. The molecule has 1 saturated heterocycles. The molecule has 0 bridgehead atoms. The third-order valence-corrected chi connectivity index (χ3v) is 5.23. The Kier molecular flexibility index (Phi) is 3.35. The van der Waals surface area contributed by atoms with Gasteiger partial charge in [0.25, 0.3) is 5.91 Å². The first-order valence-electron chi connectivity index (χ1n) is 7.91. The molecule has 0 aromatic carbocycles. The number of likely N-dealkylation sites (tertiary alicyclic amines) is 1. The van der Waals surface area contributed by atoms with Gasteiger partial charge < -0.3 is 10.0 Å². The first-order chi connectivity index (χ1) is 9.84. The van der Waals surface area contributed by atoms with Crippen molar-refractivity contribution in [2.24, 2.45) is 11.8 Å². The molecule has 5 nitrogen and oxygen atoms in total. The number of aryl methyl sites for hydroxylation is 1. The molecule has 1 aliphatic carbocycles. The Hall–Kier alpha value is -1.36. The Morgan fingerprint density at radius 3 is 2.67 bits per heavy atom. The van der Waals surface area contributed by atoms with Gasteiger partial charge in [0.1, 0.15) is 0 Å². The molecule has 1 saturated carbocycles. The molecule has 1 amide bonds. The zero-order chi connectivity index (χ0) is 15.4. The van der Waals surface area contributed by atoms with E-state index < -0.39 is 5.60 Å². The van der Waals surface area contributed by atoms with Crippen LogP contribution in [0.3, 0.4) is 0 Å². The number of aromatic nitrogens is 2. The number of nitrogens with one attached hydrogen (secondary N) is 1. The number of hydrogen-bond acceptors (Lipinski definition) is 3. The minimum absolute atomic E-state index is 0.0200. The summed E-state index contributed by atoms with van der Waals surface area (Å²) in [6.45, 7) is 8.99. The molecule has 21 heavy (non-hydrogen) atoms. The quantitative estimate of drug-likeness (QED) is 0.895. The SMILES string of the molecule is Cc1[nH]nc(C2CC2)c1C(=O)N1C[C@@H](C)[C@](O)(C(C)C)C1. The number of aliphatic hydroxyl groups is 1. The molecule has 0 unspecified atom stereocenters. The molecule has 1 aromatic rings. The van der Waals surface area contributed by atoms with Crippen LogP contribution in [-0.2, 0) is 0 Å². The molecule has 5 heteroatoms. The number of H-pyrrole nitrogens is 1. The zero-order valence-electron chi connectivity index (χ0n) is 13.3. The Bertz CT molecular complexity index is 562. The Balaban J connectivity index is 1.86. The van der Waals surface area contributed by atoms with Gasteiger partial charge in [0.15, 0.2) is 0 Å².